The van der Waals surface area contributed by atoms with Crippen LogP contribution in [0.5, 0.6) is 11.5 Å². The summed E-state index contributed by atoms with van der Waals surface area (Å²) in [5.41, 5.74) is 14.2. The standard InChI is InChI=1S/C43H42N4O.Pt/c1-25(2)32-16-17-44-42(20-32)47-40-13-11-10-12-38(40)39-15-14-36(22-41(39)47)48-37-19-33(26(3)4)18-35(21-37)46-24-34(23-45-46)43-30(8)28(6)27(5)29(7)31(43)9;/h10-20,23-26H,1-9H3;/q-2;+2. The number of benzene rings is 4. The molecule has 250 valence electrons. The molecule has 7 aromatic rings. The van der Waals surface area contributed by atoms with Crippen LogP contribution >= 0.6 is 0 Å². The molecule has 0 aliphatic rings. The summed E-state index contributed by atoms with van der Waals surface area (Å²) in [6.45, 7) is 19.8. The van der Waals surface area contributed by atoms with Crippen LogP contribution in [-0.4, -0.2) is 19.3 Å². The zero-order chi connectivity index (χ0) is 33.9. The van der Waals surface area contributed by atoms with E-state index < -0.39 is 0 Å². The Bertz CT molecular complexity index is 2310. The number of aromatic nitrogens is 4. The van der Waals surface area contributed by atoms with E-state index in [0.29, 0.717) is 17.4 Å². The molecule has 3 heterocycles. The van der Waals surface area contributed by atoms with Crippen molar-refractivity contribution in [1.29, 1.82) is 0 Å². The fourth-order valence-corrected chi connectivity index (χ4v) is 6.78. The first-order chi connectivity index (χ1) is 23.0. The molecule has 0 saturated heterocycles. The summed E-state index contributed by atoms with van der Waals surface area (Å²) in [4.78, 5) is 4.79. The maximum Gasteiger partial charge on any atom is 2.00 e. The molecule has 3 aromatic heterocycles. The molecule has 0 aliphatic carbocycles. The first kappa shape index (κ1) is 34.4. The largest absolute Gasteiger partial charge is 2.00 e. The van der Waals surface area contributed by atoms with Crippen molar-refractivity contribution in [3.05, 3.63) is 130 Å². The van der Waals surface area contributed by atoms with E-state index in [0.717, 1.165) is 44.4 Å². The Balaban J connectivity index is 0.00000417. The number of ether oxygens (including phenoxy) is 1. The van der Waals surface area contributed by atoms with Crippen LogP contribution in [0.25, 0.3) is 44.4 Å². The van der Waals surface area contributed by atoms with Crippen molar-refractivity contribution >= 4 is 21.8 Å². The second-order valence-electron chi connectivity index (χ2n) is 13.6. The number of rotatable bonds is 7. The number of para-hydroxylation sites is 1. The number of hydrogen-bond donors (Lipinski definition) is 0. The Morgan fingerprint density at radius 2 is 1.39 bits per heavy atom. The van der Waals surface area contributed by atoms with E-state index in [9.17, 15) is 0 Å². The molecule has 6 heteroatoms. The molecular weight excluding hydrogens is 784 g/mol. The molecule has 0 radical (unpaired) electrons. The van der Waals surface area contributed by atoms with Gasteiger partial charge in [0.1, 0.15) is 5.82 Å². The van der Waals surface area contributed by atoms with Crippen LogP contribution in [0.15, 0.2) is 79.3 Å². The van der Waals surface area contributed by atoms with Gasteiger partial charge in [0.2, 0.25) is 0 Å². The molecule has 49 heavy (non-hydrogen) atoms. The molecule has 5 nitrogen and oxygen atoms in total. The van der Waals surface area contributed by atoms with E-state index in [4.69, 9.17) is 14.8 Å². The predicted molar refractivity (Wildman–Crippen MR) is 197 cm³/mol. The van der Waals surface area contributed by atoms with Gasteiger partial charge < -0.3 is 9.30 Å². The minimum Gasteiger partial charge on any atom is -0.509 e. The first-order valence-electron chi connectivity index (χ1n) is 16.8. The van der Waals surface area contributed by atoms with Crippen molar-refractivity contribution in [2.75, 3.05) is 0 Å². The summed E-state index contributed by atoms with van der Waals surface area (Å²) in [7, 11) is 0. The number of nitrogens with zero attached hydrogens (tertiary/aromatic N) is 4. The maximum absolute atomic E-state index is 6.58. The summed E-state index contributed by atoms with van der Waals surface area (Å²) in [6.07, 6.45) is 5.96. The molecular formula is C43H42N4OPt. The van der Waals surface area contributed by atoms with Gasteiger partial charge in [0, 0.05) is 35.0 Å². The second kappa shape index (κ2) is 13.4. The quantitative estimate of drug-likeness (QED) is 0.150. The molecule has 0 spiro atoms. The molecule has 0 fully saturated rings. The van der Waals surface area contributed by atoms with Crippen LogP contribution in [0.3, 0.4) is 0 Å². The third kappa shape index (κ3) is 6.14. The molecule has 0 bridgehead atoms. The fraction of sp³-hybridized carbons (Fsp3) is 0.256. The summed E-state index contributed by atoms with van der Waals surface area (Å²) < 4.78 is 10.7. The zero-order valence-electron chi connectivity index (χ0n) is 29.7. The average Bonchev–Trinajstić information content (AvgIpc) is 3.69. The fourth-order valence-electron chi connectivity index (χ4n) is 6.78. The molecule has 0 atom stereocenters. The molecule has 4 aromatic carbocycles. The van der Waals surface area contributed by atoms with Gasteiger partial charge in [-0.05, 0) is 115 Å². The number of hydrogen-bond acceptors (Lipinski definition) is 3. The Morgan fingerprint density at radius 3 is 2.10 bits per heavy atom. The summed E-state index contributed by atoms with van der Waals surface area (Å²) in [5, 5.41) is 7.07. The van der Waals surface area contributed by atoms with Gasteiger partial charge in [0.15, 0.2) is 0 Å². The van der Waals surface area contributed by atoms with Gasteiger partial charge in [-0.3, -0.25) is 4.68 Å². The van der Waals surface area contributed by atoms with Gasteiger partial charge in [-0.2, -0.15) is 11.2 Å². The second-order valence-corrected chi connectivity index (χ2v) is 13.6. The minimum absolute atomic E-state index is 0. The van der Waals surface area contributed by atoms with E-state index in [-0.39, 0.29) is 27.0 Å². The minimum atomic E-state index is 0. The van der Waals surface area contributed by atoms with E-state index in [1.54, 1.807) is 0 Å². The Hall–Kier alpha value is -4.47. The van der Waals surface area contributed by atoms with Crippen LogP contribution in [0.2, 0.25) is 0 Å². The third-order valence-electron chi connectivity index (χ3n) is 10.1. The topological polar surface area (TPSA) is 44.9 Å². The van der Waals surface area contributed by atoms with Gasteiger partial charge in [-0.15, -0.1) is 41.3 Å². The number of pyridine rings is 1. The predicted octanol–water partition coefficient (Wildman–Crippen LogP) is 11.2. The summed E-state index contributed by atoms with van der Waals surface area (Å²) >= 11 is 0. The van der Waals surface area contributed by atoms with Gasteiger partial charge in [-0.25, -0.2) is 4.98 Å². The van der Waals surface area contributed by atoms with E-state index in [2.05, 4.69) is 140 Å². The van der Waals surface area contributed by atoms with Crippen molar-refractivity contribution in [3.8, 4) is 34.1 Å². The van der Waals surface area contributed by atoms with Gasteiger partial charge in [0.05, 0.1) is 6.20 Å². The third-order valence-corrected chi connectivity index (χ3v) is 10.1. The normalized spacial score (nSPS) is 11.6. The van der Waals surface area contributed by atoms with Crippen LogP contribution < -0.4 is 4.74 Å². The van der Waals surface area contributed by atoms with Crippen molar-refractivity contribution in [3.63, 3.8) is 0 Å². The Kier molecular flexibility index (Phi) is 9.44. The van der Waals surface area contributed by atoms with E-state index >= 15 is 0 Å². The van der Waals surface area contributed by atoms with Crippen LogP contribution in [0.4, 0.5) is 0 Å². The molecule has 0 unspecified atom stereocenters. The van der Waals surface area contributed by atoms with Gasteiger partial charge in [-0.1, -0.05) is 51.4 Å². The van der Waals surface area contributed by atoms with E-state index in [1.807, 2.05) is 23.1 Å². The average molecular weight is 826 g/mol. The SMILES string of the molecule is Cc1c(C)c(C)c(-c2cnn(-c3[c-]c(Oc4[c-]c5c(cc4)c4ccccc4n5-c4cc(C(C)C)ccn4)cc(C(C)C)c3)c2)c(C)c1C.[Pt+2]. The Labute approximate surface area is 304 Å². The van der Waals surface area contributed by atoms with Crippen molar-refractivity contribution < 1.29 is 25.8 Å². The molecule has 0 saturated carbocycles. The number of fused-ring (bicyclic) bond motifs is 3. The van der Waals surface area contributed by atoms with Crippen LogP contribution in [0, 0.1) is 46.8 Å². The van der Waals surface area contributed by atoms with Crippen molar-refractivity contribution in [2.24, 2.45) is 0 Å². The summed E-state index contributed by atoms with van der Waals surface area (Å²) in [6, 6.07) is 28.1. The van der Waals surface area contributed by atoms with Crippen molar-refractivity contribution in [1.82, 2.24) is 19.3 Å². The molecule has 0 amide bonds. The van der Waals surface area contributed by atoms with E-state index in [1.165, 1.54) is 38.9 Å². The molecule has 0 N–H and O–H groups in total. The molecule has 0 aliphatic heterocycles. The zero-order valence-corrected chi connectivity index (χ0v) is 31.9. The maximum atomic E-state index is 6.58. The Morgan fingerprint density at radius 1 is 0.694 bits per heavy atom. The monoisotopic (exact) mass is 825 g/mol. The van der Waals surface area contributed by atoms with Gasteiger partial charge in [0.25, 0.3) is 0 Å². The van der Waals surface area contributed by atoms with Crippen molar-refractivity contribution in [2.45, 2.75) is 74.1 Å². The van der Waals surface area contributed by atoms with Gasteiger partial charge >= 0.3 is 21.1 Å². The molecule has 7 rings (SSSR count). The summed E-state index contributed by atoms with van der Waals surface area (Å²) in [5.74, 6) is 2.80. The smallest absolute Gasteiger partial charge is 0.509 e. The first-order valence-corrected chi connectivity index (χ1v) is 16.8. The van der Waals surface area contributed by atoms with Crippen LogP contribution in [-0.2, 0) is 21.1 Å². The van der Waals surface area contributed by atoms with Crippen LogP contribution in [0.1, 0.15) is 78.5 Å².